The molecule has 0 bridgehead atoms. The van der Waals surface area contributed by atoms with Crippen molar-refractivity contribution in [2.24, 2.45) is 0 Å². The summed E-state index contributed by atoms with van der Waals surface area (Å²) in [5.74, 6) is -1.59. The number of hydrogen-bond donors (Lipinski definition) is 2. The molecule has 0 spiro atoms. The normalized spacial score (nSPS) is 11.0. The van der Waals surface area contributed by atoms with E-state index in [2.05, 4.69) is 20.6 Å². The maximum absolute atomic E-state index is 13.1. The molecule has 10 heteroatoms. The van der Waals surface area contributed by atoms with Crippen LogP contribution in [0.1, 0.15) is 33.3 Å². The van der Waals surface area contributed by atoms with E-state index in [0.717, 1.165) is 12.1 Å². The summed E-state index contributed by atoms with van der Waals surface area (Å²) in [4.78, 5) is 31.8. The van der Waals surface area contributed by atoms with Crippen molar-refractivity contribution in [1.29, 1.82) is 0 Å². The van der Waals surface area contributed by atoms with Gasteiger partial charge in [-0.25, -0.2) is 9.97 Å². The highest BCUT2D eigenvalue weighted by Gasteiger charge is 2.32. The van der Waals surface area contributed by atoms with Crippen LogP contribution in [0.3, 0.4) is 0 Å². The Hall–Kier alpha value is -3.17. The van der Waals surface area contributed by atoms with Crippen LogP contribution in [0.2, 0.25) is 0 Å². The molecule has 0 radical (unpaired) electrons. The first-order chi connectivity index (χ1) is 12.3. The van der Waals surface area contributed by atoms with Crippen LogP contribution in [0.5, 0.6) is 5.88 Å². The van der Waals surface area contributed by atoms with Crippen molar-refractivity contribution in [1.82, 2.24) is 15.3 Å². The molecule has 2 amide bonds. The fourth-order valence-corrected chi connectivity index (χ4v) is 2.08. The van der Waals surface area contributed by atoms with Gasteiger partial charge in [0.1, 0.15) is 0 Å². The van der Waals surface area contributed by atoms with Gasteiger partial charge in [0.15, 0.2) is 5.69 Å². The number of anilines is 1. The third kappa shape index (κ3) is 4.47. The van der Waals surface area contributed by atoms with Gasteiger partial charge in [-0.05, 0) is 25.1 Å². The highest BCUT2D eigenvalue weighted by molar-refractivity contribution is 6.05. The smallest absolute Gasteiger partial charge is 0.416 e. The molecule has 0 atom stereocenters. The Bertz CT molecular complexity index is 825. The van der Waals surface area contributed by atoms with Gasteiger partial charge in [0, 0.05) is 30.2 Å². The second-order valence-electron chi connectivity index (χ2n) is 5.02. The standard InChI is InChI=1S/C16H15F3N4O3/c1-3-20-13(24)9-6-10(16(17,18)19)8-11(7-9)23-14(25)12-15(26-2)22-5-4-21-12/h4-8H,3H2,1-2H3,(H,20,24)(H,23,25). The molecule has 0 fully saturated rings. The van der Waals surface area contributed by atoms with Crippen LogP contribution >= 0.6 is 0 Å². The average Bonchev–Trinajstić information content (AvgIpc) is 2.60. The average molecular weight is 368 g/mol. The van der Waals surface area contributed by atoms with Gasteiger partial charge < -0.3 is 15.4 Å². The molecule has 0 aliphatic carbocycles. The summed E-state index contributed by atoms with van der Waals surface area (Å²) in [5, 5.41) is 4.69. The lowest BCUT2D eigenvalue weighted by molar-refractivity contribution is -0.137. The van der Waals surface area contributed by atoms with E-state index in [9.17, 15) is 22.8 Å². The van der Waals surface area contributed by atoms with E-state index in [1.165, 1.54) is 19.5 Å². The zero-order valence-electron chi connectivity index (χ0n) is 13.8. The Balaban J connectivity index is 2.40. The fraction of sp³-hybridized carbons (Fsp3) is 0.250. The Morgan fingerprint density at radius 1 is 1.12 bits per heavy atom. The van der Waals surface area contributed by atoms with E-state index in [0.29, 0.717) is 6.07 Å². The van der Waals surface area contributed by atoms with Crippen molar-refractivity contribution in [2.75, 3.05) is 19.0 Å². The van der Waals surface area contributed by atoms with Gasteiger partial charge in [-0.1, -0.05) is 0 Å². The second-order valence-corrected chi connectivity index (χ2v) is 5.02. The number of aromatic nitrogens is 2. The van der Waals surface area contributed by atoms with E-state index in [1.54, 1.807) is 6.92 Å². The second kappa shape index (κ2) is 7.81. The third-order valence-corrected chi connectivity index (χ3v) is 3.19. The maximum Gasteiger partial charge on any atom is 0.416 e. The minimum atomic E-state index is -4.69. The number of methoxy groups -OCH3 is 1. The molecule has 138 valence electrons. The third-order valence-electron chi connectivity index (χ3n) is 3.19. The first-order valence-electron chi connectivity index (χ1n) is 7.43. The monoisotopic (exact) mass is 368 g/mol. The van der Waals surface area contributed by atoms with E-state index >= 15 is 0 Å². The zero-order valence-corrected chi connectivity index (χ0v) is 13.8. The largest absolute Gasteiger partial charge is 0.479 e. The Labute approximate surface area is 146 Å². The summed E-state index contributed by atoms with van der Waals surface area (Å²) in [6.07, 6.45) is -2.15. The summed E-state index contributed by atoms with van der Waals surface area (Å²) in [7, 11) is 1.28. The Morgan fingerprint density at radius 2 is 1.81 bits per heavy atom. The highest BCUT2D eigenvalue weighted by atomic mass is 19.4. The van der Waals surface area contributed by atoms with Crippen LogP contribution in [0.25, 0.3) is 0 Å². The van der Waals surface area contributed by atoms with E-state index < -0.39 is 23.6 Å². The molecule has 1 aromatic carbocycles. The van der Waals surface area contributed by atoms with Crippen LogP contribution in [-0.2, 0) is 6.18 Å². The van der Waals surface area contributed by atoms with Crippen molar-refractivity contribution < 1.29 is 27.5 Å². The number of ether oxygens (including phenoxy) is 1. The van der Waals surface area contributed by atoms with Gasteiger partial charge in [0.25, 0.3) is 11.8 Å². The summed E-state index contributed by atoms with van der Waals surface area (Å²) in [5.41, 5.74) is -1.71. The summed E-state index contributed by atoms with van der Waals surface area (Å²) >= 11 is 0. The minimum Gasteiger partial charge on any atom is -0.479 e. The van der Waals surface area contributed by atoms with Crippen LogP contribution in [0.4, 0.5) is 18.9 Å². The first kappa shape index (κ1) is 19.2. The lowest BCUT2D eigenvalue weighted by Gasteiger charge is -2.13. The fourth-order valence-electron chi connectivity index (χ4n) is 2.08. The van der Waals surface area contributed by atoms with E-state index in [1.807, 2.05) is 0 Å². The SMILES string of the molecule is CCNC(=O)c1cc(NC(=O)c2nccnc2OC)cc(C(F)(F)F)c1. The van der Waals surface area contributed by atoms with Crippen molar-refractivity contribution >= 4 is 17.5 Å². The zero-order chi connectivity index (χ0) is 19.3. The van der Waals surface area contributed by atoms with Gasteiger partial charge in [0.05, 0.1) is 12.7 Å². The molecule has 26 heavy (non-hydrogen) atoms. The van der Waals surface area contributed by atoms with E-state index in [-0.39, 0.29) is 29.4 Å². The van der Waals surface area contributed by atoms with E-state index in [4.69, 9.17) is 4.74 Å². The number of benzene rings is 1. The molecule has 0 aliphatic rings. The quantitative estimate of drug-likeness (QED) is 0.846. The summed E-state index contributed by atoms with van der Waals surface area (Å²) < 4.78 is 44.2. The minimum absolute atomic E-state index is 0.0825. The van der Waals surface area contributed by atoms with Gasteiger partial charge in [-0.3, -0.25) is 9.59 Å². The van der Waals surface area contributed by atoms with Crippen molar-refractivity contribution in [3.8, 4) is 5.88 Å². The van der Waals surface area contributed by atoms with Crippen LogP contribution < -0.4 is 15.4 Å². The first-order valence-corrected chi connectivity index (χ1v) is 7.43. The van der Waals surface area contributed by atoms with Crippen molar-refractivity contribution in [3.63, 3.8) is 0 Å². The number of nitrogens with zero attached hydrogens (tertiary/aromatic N) is 2. The topological polar surface area (TPSA) is 93.2 Å². The molecule has 2 rings (SSSR count). The van der Waals surface area contributed by atoms with Crippen LogP contribution in [0.15, 0.2) is 30.6 Å². The number of amides is 2. The highest BCUT2D eigenvalue weighted by Crippen LogP contribution is 2.32. The Kier molecular flexibility index (Phi) is 5.75. The van der Waals surface area contributed by atoms with Gasteiger partial charge >= 0.3 is 6.18 Å². The van der Waals surface area contributed by atoms with Crippen LogP contribution in [0, 0.1) is 0 Å². The lowest BCUT2D eigenvalue weighted by Crippen LogP contribution is -2.24. The summed E-state index contributed by atoms with van der Waals surface area (Å²) in [6, 6.07) is 2.58. The molecular formula is C16H15F3N4O3. The molecule has 1 aromatic heterocycles. The Morgan fingerprint density at radius 3 is 2.42 bits per heavy atom. The predicted molar refractivity (Wildman–Crippen MR) is 86.0 cm³/mol. The maximum atomic E-state index is 13.1. The molecule has 0 unspecified atom stereocenters. The van der Waals surface area contributed by atoms with Crippen molar-refractivity contribution in [2.45, 2.75) is 13.1 Å². The molecule has 2 N–H and O–H groups in total. The number of rotatable bonds is 5. The summed E-state index contributed by atoms with van der Waals surface area (Å²) in [6.45, 7) is 1.88. The number of alkyl halides is 3. The predicted octanol–water partition coefficient (Wildman–Crippen LogP) is 2.51. The molecule has 7 nitrogen and oxygen atoms in total. The lowest BCUT2D eigenvalue weighted by atomic mass is 10.1. The molecule has 1 heterocycles. The molecule has 2 aromatic rings. The van der Waals surface area contributed by atoms with Gasteiger partial charge in [0.2, 0.25) is 5.88 Å². The van der Waals surface area contributed by atoms with Crippen LogP contribution in [-0.4, -0.2) is 35.4 Å². The number of halogens is 3. The van der Waals surface area contributed by atoms with Crippen molar-refractivity contribution in [3.05, 3.63) is 47.4 Å². The van der Waals surface area contributed by atoms with Gasteiger partial charge in [-0.15, -0.1) is 0 Å². The number of carbonyl (C=O) groups excluding carboxylic acids is 2. The molecule has 0 saturated heterocycles. The number of nitrogens with one attached hydrogen (secondary N) is 2. The molecule has 0 aliphatic heterocycles. The molecule has 0 saturated carbocycles. The molecular weight excluding hydrogens is 353 g/mol. The van der Waals surface area contributed by atoms with Gasteiger partial charge in [-0.2, -0.15) is 13.2 Å². The number of hydrogen-bond acceptors (Lipinski definition) is 5. The number of carbonyl (C=O) groups is 2.